The first-order valence-electron chi connectivity index (χ1n) is 6.04. The lowest BCUT2D eigenvalue weighted by atomic mass is 9.94. The number of hydrogen-bond acceptors (Lipinski definition) is 5. The number of nitrogens with one attached hydrogen (secondary N) is 1. The first-order valence-corrected chi connectivity index (χ1v) is 7.45. The summed E-state index contributed by atoms with van der Waals surface area (Å²) in [6.07, 6.45) is 0. The van der Waals surface area contributed by atoms with E-state index in [0.717, 1.165) is 6.07 Å². The Bertz CT molecular complexity index is 965. The average Bonchev–Trinajstić information content (AvgIpc) is 2.43. The van der Waals surface area contributed by atoms with Crippen molar-refractivity contribution in [3.8, 4) is 5.75 Å². The summed E-state index contributed by atoms with van der Waals surface area (Å²) in [7, 11) is -5.94. The molecule has 0 bridgehead atoms. The molecular weight excluding hydrogens is 339 g/mol. The SMILES string of the molecule is O=C1NC(=O)c2c(OS(=O)(=O)C(F)(F)F)ccc3cccc1c23. The minimum Gasteiger partial charge on any atom is -0.375 e. The number of carbonyl (C=O) groups excluding carboxylic acids is 2. The van der Waals surface area contributed by atoms with Crippen molar-refractivity contribution in [3.05, 3.63) is 41.5 Å². The molecule has 2 aromatic rings. The number of rotatable bonds is 2. The van der Waals surface area contributed by atoms with E-state index < -0.39 is 38.8 Å². The van der Waals surface area contributed by atoms with E-state index in [2.05, 4.69) is 4.18 Å². The Morgan fingerprint density at radius 3 is 2.35 bits per heavy atom. The van der Waals surface area contributed by atoms with Crippen LogP contribution in [-0.2, 0) is 10.1 Å². The molecule has 120 valence electrons. The zero-order valence-corrected chi connectivity index (χ0v) is 11.8. The van der Waals surface area contributed by atoms with E-state index in [0.29, 0.717) is 5.39 Å². The smallest absolute Gasteiger partial charge is 0.375 e. The van der Waals surface area contributed by atoms with Crippen molar-refractivity contribution >= 4 is 32.7 Å². The molecule has 6 nitrogen and oxygen atoms in total. The zero-order valence-electron chi connectivity index (χ0n) is 11.0. The normalized spacial score (nSPS) is 14.7. The zero-order chi connectivity index (χ0) is 17.0. The van der Waals surface area contributed by atoms with Gasteiger partial charge in [0.25, 0.3) is 11.8 Å². The van der Waals surface area contributed by atoms with Crippen molar-refractivity contribution in [1.29, 1.82) is 0 Å². The van der Waals surface area contributed by atoms with Crippen LogP contribution >= 0.6 is 0 Å². The minimum absolute atomic E-state index is 0.0342. The molecule has 0 saturated heterocycles. The number of benzene rings is 2. The maximum absolute atomic E-state index is 12.5. The Morgan fingerprint density at radius 2 is 1.70 bits per heavy atom. The molecule has 3 rings (SSSR count). The van der Waals surface area contributed by atoms with Gasteiger partial charge in [0.1, 0.15) is 0 Å². The average molecular weight is 345 g/mol. The topological polar surface area (TPSA) is 89.5 Å². The van der Waals surface area contributed by atoms with Crippen LogP contribution in [-0.4, -0.2) is 25.7 Å². The number of imide groups is 1. The van der Waals surface area contributed by atoms with Crippen molar-refractivity contribution in [2.75, 3.05) is 0 Å². The van der Waals surface area contributed by atoms with Gasteiger partial charge in [-0.3, -0.25) is 14.9 Å². The Balaban J connectivity index is 2.28. The summed E-state index contributed by atoms with van der Waals surface area (Å²) in [4.78, 5) is 23.7. The van der Waals surface area contributed by atoms with Crippen LogP contribution in [0.1, 0.15) is 20.7 Å². The monoisotopic (exact) mass is 345 g/mol. The van der Waals surface area contributed by atoms with Crippen molar-refractivity contribution in [1.82, 2.24) is 5.32 Å². The van der Waals surface area contributed by atoms with Gasteiger partial charge in [-0.25, -0.2) is 0 Å². The Hall–Kier alpha value is -2.62. The molecule has 10 heteroatoms. The molecule has 0 unspecified atom stereocenters. The van der Waals surface area contributed by atoms with Gasteiger partial charge in [-0.15, -0.1) is 0 Å². The third-order valence-corrected chi connectivity index (χ3v) is 4.15. The number of alkyl halides is 3. The molecule has 0 saturated carbocycles. The van der Waals surface area contributed by atoms with E-state index in [1.54, 1.807) is 0 Å². The highest BCUT2D eigenvalue weighted by Gasteiger charge is 2.49. The fourth-order valence-electron chi connectivity index (χ4n) is 2.24. The maximum Gasteiger partial charge on any atom is 0.534 e. The van der Waals surface area contributed by atoms with Gasteiger partial charge >= 0.3 is 15.6 Å². The van der Waals surface area contributed by atoms with Crippen LogP contribution in [0.2, 0.25) is 0 Å². The minimum atomic E-state index is -5.94. The third-order valence-electron chi connectivity index (χ3n) is 3.19. The Labute approximate surface area is 127 Å². The highest BCUT2D eigenvalue weighted by molar-refractivity contribution is 7.88. The Kier molecular flexibility index (Phi) is 3.11. The summed E-state index contributed by atoms with van der Waals surface area (Å²) in [6, 6.07) is 6.59. The van der Waals surface area contributed by atoms with Gasteiger partial charge in [0, 0.05) is 10.9 Å². The van der Waals surface area contributed by atoms with E-state index >= 15 is 0 Å². The highest BCUT2D eigenvalue weighted by Crippen LogP contribution is 2.35. The fraction of sp³-hybridized carbons (Fsp3) is 0.0769. The summed E-state index contributed by atoms with van der Waals surface area (Å²) in [5, 5.41) is 2.35. The first kappa shape index (κ1) is 15.3. The molecule has 1 aliphatic rings. The standard InChI is InChI=1S/C13H6F3NO5S/c14-13(15,16)23(20,21)22-8-5-4-6-2-1-3-7-9(6)10(8)12(19)17-11(7)18/h1-5H,(H,17,18,19). The lowest BCUT2D eigenvalue weighted by molar-refractivity contribution is -0.0500. The molecule has 0 aromatic heterocycles. The molecule has 2 aromatic carbocycles. The van der Waals surface area contributed by atoms with Gasteiger partial charge in [0.05, 0.1) is 5.56 Å². The summed E-state index contributed by atoms with van der Waals surface area (Å²) < 4.78 is 63.7. The molecular formula is C13H6F3NO5S. The number of hydrogen-bond donors (Lipinski definition) is 1. The van der Waals surface area contributed by atoms with Gasteiger partial charge in [0.2, 0.25) is 0 Å². The van der Waals surface area contributed by atoms with Crippen molar-refractivity contribution in [2.45, 2.75) is 5.51 Å². The van der Waals surface area contributed by atoms with Gasteiger partial charge in [-0.2, -0.15) is 21.6 Å². The number of amides is 2. The summed E-state index contributed by atoms with van der Waals surface area (Å²) in [5.41, 5.74) is -6.05. The molecule has 0 atom stereocenters. The van der Waals surface area contributed by atoms with E-state index in [9.17, 15) is 31.2 Å². The van der Waals surface area contributed by atoms with E-state index in [1.165, 1.54) is 24.3 Å². The lowest BCUT2D eigenvalue weighted by Crippen LogP contribution is -2.36. The summed E-state index contributed by atoms with van der Waals surface area (Å²) >= 11 is 0. The van der Waals surface area contributed by atoms with Crippen LogP contribution in [0, 0.1) is 0 Å². The maximum atomic E-state index is 12.5. The van der Waals surface area contributed by atoms with Crippen LogP contribution in [0.25, 0.3) is 10.8 Å². The van der Waals surface area contributed by atoms with Crippen molar-refractivity contribution < 1.29 is 35.4 Å². The van der Waals surface area contributed by atoms with Crippen LogP contribution in [0.5, 0.6) is 5.75 Å². The molecule has 1 heterocycles. The summed E-state index contributed by atoms with van der Waals surface area (Å²) in [5.74, 6) is -2.57. The number of halogens is 3. The molecule has 0 fully saturated rings. The van der Waals surface area contributed by atoms with E-state index in [1.807, 2.05) is 5.32 Å². The summed E-state index contributed by atoms with van der Waals surface area (Å²) in [6.45, 7) is 0. The van der Waals surface area contributed by atoms with E-state index in [4.69, 9.17) is 0 Å². The third kappa shape index (κ3) is 2.31. The molecule has 1 N–H and O–H groups in total. The number of carbonyl (C=O) groups is 2. The second-order valence-electron chi connectivity index (χ2n) is 4.61. The molecule has 1 aliphatic heterocycles. The van der Waals surface area contributed by atoms with Crippen molar-refractivity contribution in [2.24, 2.45) is 0 Å². The predicted octanol–water partition coefficient (Wildman–Crippen LogP) is 1.95. The molecule has 0 spiro atoms. The predicted molar refractivity (Wildman–Crippen MR) is 71.3 cm³/mol. The first-order chi connectivity index (χ1) is 10.6. The van der Waals surface area contributed by atoms with Crippen LogP contribution in [0.15, 0.2) is 30.3 Å². The quantitative estimate of drug-likeness (QED) is 0.510. The molecule has 0 radical (unpaired) electrons. The van der Waals surface area contributed by atoms with Gasteiger partial charge in [-0.1, -0.05) is 18.2 Å². The van der Waals surface area contributed by atoms with Crippen molar-refractivity contribution in [3.63, 3.8) is 0 Å². The van der Waals surface area contributed by atoms with Gasteiger partial charge in [-0.05, 0) is 17.5 Å². The Morgan fingerprint density at radius 1 is 1.00 bits per heavy atom. The second kappa shape index (κ2) is 4.69. The van der Waals surface area contributed by atoms with Crippen LogP contribution < -0.4 is 9.50 Å². The van der Waals surface area contributed by atoms with Crippen LogP contribution in [0.4, 0.5) is 13.2 Å². The van der Waals surface area contributed by atoms with Gasteiger partial charge < -0.3 is 4.18 Å². The largest absolute Gasteiger partial charge is 0.534 e. The molecule has 23 heavy (non-hydrogen) atoms. The fourth-order valence-corrected chi connectivity index (χ4v) is 2.71. The van der Waals surface area contributed by atoms with E-state index in [-0.39, 0.29) is 10.9 Å². The van der Waals surface area contributed by atoms with Gasteiger partial charge in [0.15, 0.2) is 5.75 Å². The van der Waals surface area contributed by atoms with Crippen LogP contribution in [0.3, 0.4) is 0 Å². The molecule has 2 amide bonds. The molecule has 0 aliphatic carbocycles. The lowest BCUT2D eigenvalue weighted by Gasteiger charge is -2.19. The highest BCUT2D eigenvalue weighted by atomic mass is 32.2. The second-order valence-corrected chi connectivity index (χ2v) is 6.15.